The summed E-state index contributed by atoms with van der Waals surface area (Å²) in [4.78, 5) is 11.3. The molecule has 1 aromatic rings. The summed E-state index contributed by atoms with van der Waals surface area (Å²) in [5, 5.41) is 11.4. The fourth-order valence-electron chi connectivity index (χ4n) is 1.18. The minimum atomic E-state index is -0.250. The second kappa shape index (κ2) is 6.77. The van der Waals surface area contributed by atoms with E-state index in [4.69, 9.17) is 21.6 Å². The molecule has 0 aliphatic rings. The summed E-state index contributed by atoms with van der Waals surface area (Å²) >= 11 is 5.82. The Balaban J connectivity index is 2.42. The molecular formula is C12H13ClN2O2. The van der Waals surface area contributed by atoms with Gasteiger partial charge in [0.2, 0.25) is 0 Å². The molecule has 0 unspecified atom stereocenters. The maximum absolute atomic E-state index is 11.3. The van der Waals surface area contributed by atoms with Gasteiger partial charge in [-0.25, -0.2) is 0 Å². The van der Waals surface area contributed by atoms with Crippen molar-refractivity contribution in [3.8, 4) is 11.8 Å². The van der Waals surface area contributed by atoms with E-state index in [0.29, 0.717) is 23.7 Å². The minimum absolute atomic E-state index is 0.0768. The predicted octanol–water partition coefficient (Wildman–Crippen LogP) is 2.06. The van der Waals surface area contributed by atoms with Gasteiger partial charge >= 0.3 is 0 Å². The number of benzene rings is 1. The predicted molar refractivity (Wildman–Crippen MR) is 64.9 cm³/mol. The third-order valence-corrected chi connectivity index (χ3v) is 2.30. The Labute approximate surface area is 105 Å². The van der Waals surface area contributed by atoms with Crippen LogP contribution in [0.3, 0.4) is 0 Å². The van der Waals surface area contributed by atoms with E-state index in [2.05, 4.69) is 5.32 Å². The third kappa shape index (κ3) is 4.75. The molecule has 0 fully saturated rings. The fourth-order valence-corrected chi connectivity index (χ4v) is 1.34. The monoisotopic (exact) mass is 252 g/mol. The van der Waals surface area contributed by atoms with Crippen molar-refractivity contribution in [2.24, 2.45) is 0 Å². The summed E-state index contributed by atoms with van der Waals surface area (Å²) < 4.78 is 5.33. The smallest absolute Gasteiger partial charge is 0.257 e. The molecule has 0 saturated heterocycles. The third-order valence-electron chi connectivity index (χ3n) is 2.07. The number of ether oxygens (including phenoxy) is 1. The van der Waals surface area contributed by atoms with E-state index in [1.807, 2.05) is 19.1 Å². The van der Waals surface area contributed by atoms with E-state index in [1.165, 1.54) is 0 Å². The Hall–Kier alpha value is -1.73. The maximum atomic E-state index is 11.3. The average Bonchev–Trinajstić information content (AvgIpc) is 2.31. The summed E-state index contributed by atoms with van der Waals surface area (Å²) in [5.41, 5.74) is 0.916. The molecule has 1 rings (SSSR count). The van der Waals surface area contributed by atoms with Crippen molar-refractivity contribution in [2.45, 2.75) is 13.3 Å². The van der Waals surface area contributed by atoms with Gasteiger partial charge < -0.3 is 10.1 Å². The molecule has 1 amide bonds. The second-order valence-electron chi connectivity index (χ2n) is 3.46. The zero-order chi connectivity index (χ0) is 12.7. The second-order valence-corrected chi connectivity index (χ2v) is 3.89. The first kappa shape index (κ1) is 13.3. The van der Waals surface area contributed by atoms with Crippen molar-refractivity contribution in [3.63, 3.8) is 0 Å². The highest BCUT2D eigenvalue weighted by Crippen LogP contribution is 2.22. The number of carbonyl (C=O) groups is 1. The van der Waals surface area contributed by atoms with Crippen LogP contribution in [0.4, 0.5) is 0 Å². The van der Waals surface area contributed by atoms with E-state index in [0.717, 1.165) is 5.56 Å². The summed E-state index contributed by atoms with van der Waals surface area (Å²) in [5.74, 6) is 0.340. The molecule has 0 bridgehead atoms. The van der Waals surface area contributed by atoms with E-state index < -0.39 is 0 Å². The van der Waals surface area contributed by atoms with Crippen LogP contribution < -0.4 is 10.1 Å². The molecular weight excluding hydrogens is 240 g/mol. The number of nitrogens with zero attached hydrogens (tertiary/aromatic N) is 1. The van der Waals surface area contributed by atoms with Gasteiger partial charge in [0.1, 0.15) is 5.75 Å². The highest BCUT2D eigenvalue weighted by Gasteiger charge is 2.04. The van der Waals surface area contributed by atoms with Crippen molar-refractivity contribution in [2.75, 3.05) is 13.2 Å². The SMILES string of the molecule is Cc1ccc(Cl)cc1OCC(=O)NCCC#N. The van der Waals surface area contributed by atoms with E-state index in [1.54, 1.807) is 12.1 Å². The number of carbonyl (C=O) groups excluding carboxylic acids is 1. The number of hydrogen-bond acceptors (Lipinski definition) is 3. The topological polar surface area (TPSA) is 62.1 Å². The van der Waals surface area contributed by atoms with Crippen molar-refractivity contribution < 1.29 is 9.53 Å². The molecule has 0 aliphatic carbocycles. The number of rotatable bonds is 5. The highest BCUT2D eigenvalue weighted by molar-refractivity contribution is 6.30. The van der Waals surface area contributed by atoms with Crippen LogP contribution >= 0.6 is 11.6 Å². The Morgan fingerprint density at radius 1 is 1.59 bits per heavy atom. The lowest BCUT2D eigenvalue weighted by atomic mass is 10.2. The summed E-state index contributed by atoms with van der Waals surface area (Å²) in [6, 6.07) is 7.19. The Bertz CT molecular complexity index is 441. The van der Waals surface area contributed by atoms with Crippen molar-refractivity contribution >= 4 is 17.5 Å². The lowest BCUT2D eigenvalue weighted by molar-refractivity contribution is -0.123. The lowest BCUT2D eigenvalue weighted by Crippen LogP contribution is -2.29. The first-order valence-electron chi connectivity index (χ1n) is 5.16. The van der Waals surface area contributed by atoms with Gasteiger partial charge in [-0.2, -0.15) is 5.26 Å². The average molecular weight is 253 g/mol. The van der Waals surface area contributed by atoms with Crippen molar-refractivity contribution in [3.05, 3.63) is 28.8 Å². The van der Waals surface area contributed by atoms with Gasteiger partial charge in [0.15, 0.2) is 6.61 Å². The molecule has 0 heterocycles. The van der Waals surface area contributed by atoms with Crippen LogP contribution in [-0.2, 0) is 4.79 Å². The van der Waals surface area contributed by atoms with Gasteiger partial charge in [-0.15, -0.1) is 0 Å². The molecule has 4 nitrogen and oxygen atoms in total. The molecule has 17 heavy (non-hydrogen) atoms. The number of nitrogens with one attached hydrogen (secondary N) is 1. The fraction of sp³-hybridized carbons (Fsp3) is 0.333. The summed E-state index contributed by atoms with van der Waals surface area (Å²) in [6.07, 6.45) is 0.294. The van der Waals surface area contributed by atoms with Crippen LogP contribution in [0.25, 0.3) is 0 Å². The van der Waals surface area contributed by atoms with Gasteiger partial charge in [0.25, 0.3) is 5.91 Å². The lowest BCUT2D eigenvalue weighted by Gasteiger charge is -2.09. The number of aryl methyl sites for hydroxylation is 1. The molecule has 0 aliphatic heterocycles. The molecule has 0 radical (unpaired) electrons. The molecule has 90 valence electrons. The molecule has 1 aromatic carbocycles. The zero-order valence-electron chi connectivity index (χ0n) is 9.50. The molecule has 1 N–H and O–H groups in total. The first-order valence-corrected chi connectivity index (χ1v) is 5.54. The summed E-state index contributed by atoms with van der Waals surface area (Å²) in [7, 11) is 0. The van der Waals surface area contributed by atoms with Crippen LogP contribution in [0, 0.1) is 18.3 Å². The summed E-state index contributed by atoms with van der Waals surface area (Å²) in [6.45, 7) is 2.14. The van der Waals surface area contributed by atoms with Gasteiger partial charge in [0, 0.05) is 11.6 Å². The van der Waals surface area contributed by atoms with Gasteiger partial charge in [-0.1, -0.05) is 17.7 Å². The molecule has 0 saturated carbocycles. The normalized spacial score (nSPS) is 9.47. The van der Waals surface area contributed by atoms with Crippen molar-refractivity contribution in [1.29, 1.82) is 5.26 Å². The van der Waals surface area contributed by atoms with Gasteiger partial charge in [-0.05, 0) is 24.6 Å². The Morgan fingerprint density at radius 2 is 2.35 bits per heavy atom. The number of nitriles is 1. The van der Waals surface area contributed by atoms with E-state index in [-0.39, 0.29) is 12.5 Å². The van der Waals surface area contributed by atoms with Crippen LogP contribution in [0.2, 0.25) is 5.02 Å². The number of halogens is 1. The highest BCUT2D eigenvalue weighted by atomic mass is 35.5. The quantitative estimate of drug-likeness (QED) is 0.816. The number of hydrogen-bond donors (Lipinski definition) is 1. The van der Waals surface area contributed by atoms with Gasteiger partial charge in [-0.3, -0.25) is 4.79 Å². The van der Waals surface area contributed by atoms with Crippen LogP contribution in [-0.4, -0.2) is 19.1 Å². The molecule has 5 heteroatoms. The van der Waals surface area contributed by atoms with Gasteiger partial charge in [0.05, 0.1) is 12.5 Å². The molecule has 0 aromatic heterocycles. The van der Waals surface area contributed by atoms with Crippen LogP contribution in [0.1, 0.15) is 12.0 Å². The minimum Gasteiger partial charge on any atom is -0.483 e. The zero-order valence-corrected chi connectivity index (χ0v) is 10.3. The molecule has 0 spiro atoms. The largest absolute Gasteiger partial charge is 0.483 e. The number of amides is 1. The first-order chi connectivity index (χ1) is 8.13. The molecule has 0 atom stereocenters. The van der Waals surface area contributed by atoms with Crippen LogP contribution in [0.15, 0.2) is 18.2 Å². The Morgan fingerprint density at radius 3 is 3.06 bits per heavy atom. The van der Waals surface area contributed by atoms with E-state index >= 15 is 0 Å². The van der Waals surface area contributed by atoms with Crippen molar-refractivity contribution in [1.82, 2.24) is 5.32 Å². The van der Waals surface area contributed by atoms with Crippen LogP contribution in [0.5, 0.6) is 5.75 Å². The van der Waals surface area contributed by atoms with E-state index in [9.17, 15) is 4.79 Å². The standard InChI is InChI=1S/C12H13ClN2O2/c1-9-3-4-10(13)7-11(9)17-8-12(16)15-6-2-5-14/h3-4,7H,2,6,8H2,1H3,(H,15,16). The maximum Gasteiger partial charge on any atom is 0.257 e. The Kier molecular flexibility index (Phi) is 5.31.